The number of aromatic amines is 2. The van der Waals surface area contributed by atoms with Crippen molar-refractivity contribution in [1.82, 2.24) is 14.7 Å². The molecule has 2 rings (SSSR count). The van der Waals surface area contributed by atoms with Gasteiger partial charge in [0.15, 0.2) is 0 Å². The number of imidazole rings is 1. The number of benzene rings is 1. The van der Waals surface area contributed by atoms with Crippen molar-refractivity contribution in [2.24, 2.45) is 0 Å². The quantitative estimate of drug-likeness (QED) is 0.617. The van der Waals surface area contributed by atoms with Gasteiger partial charge in [0.25, 0.3) is 0 Å². The fraction of sp³-hybridized carbons (Fsp3) is 0.273. The van der Waals surface area contributed by atoms with Crippen molar-refractivity contribution in [2.45, 2.75) is 24.3 Å². The minimum absolute atomic E-state index is 0.111. The molecule has 1 aromatic heterocycles. The lowest BCUT2D eigenvalue weighted by Gasteiger charge is -2.12. The zero-order valence-corrected chi connectivity index (χ0v) is 11.3. The largest absolute Gasteiger partial charge is 0.480 e. The highest BCUT2D eigenvalue weighted by Gasteiger charge is 2.24. The average molecular weight is 299 g/mol. The van der Waals surface area contributed by atoms with Crippen LogP contribution >= 0.6 is 0 Å². The molecule has 0 bridgehead atoms. The van der Waals surface area contributed by atoms with Crippen LogP contribution < -0.4 is 10.4 Å². The van der Waals surface area contributed by atoms with Crippen LogP contribution in [0.3, 0.4) is 0 Å². The highest BCUT2D eigenvalue weighted by molar-refractivity contribution is 7.89. The van der Waals surface area contributed by atoms with Gasteiger partial charge in [-0.2, -0.15) is 4.72 Å². The first-order chi connectivity index (χ1) is 9.33. The molecule has 4 N–H and O–H groups in total. The Hall–Kier alpha value is -2.13. The highest BCUT2D eigenvalue weighted by Crippen LogP contribution is 2.15. The smallest absolute Gasteiger partial charge is 0.323 e. The number of aromatic nitrogens is 2. The minimum atomic E-state index is -3.97. The summed E-state index contributed by atoms with van der Waals surface area (Å²) in [7, 11) is -3.97. The van der Waals surface area contributed by atoms with E-state index in [1.165, 1.54) is 18.2 Å². The van der Waals surface area contributed by atoms with Gasteiger partial charge in [0.05, 0.1) is 15.9 Å². The maximum Gasteiger partial charge on any atom is 0.323 e. The summed E-state index contributed by atoms with van der Waals surface area (Å²) in [6, 6.07) is 2.80. The lowest BCUT2D eigenvalue weighted by Crippen LogP contribution is -2.40. The summed E-state index contributed by atoms with van der Waals surface area (Å²) < 4.78 is 26.3. The Morgan fingerprint density at radius 1 is 1.35 bits per heavy atom. The molecule has 108 valence electrons. The molecule has 0 aliphatic carbocycles. The van der Waals surface area contributed by atoms with Gasteiger partial charge < -0.3 is 15.1 Å². The summed E-state index contributed by atoms with van der Waals surface area (Å²) in [6.45, 7) is 1.56. The number of sulfonamides is 1. The molecule has 1 heterocycles. The number of H-pyrrole nitrogens is 2. The van der Waals surface area contributed by atoms with Gasteiger partial charge in [-0.25, -0.2) is 13.2 Å². The molecular formula is C11H13N3O5S. The number of hydrogen-bond donors (Lipinski definition) is 4. The van der Waals surface area contributed by atoms with Crippen molar-refractivity contribution in [3.63, 3.8) is 0 Å². The van der Waals surface area contributed by atoms with E-state index in [2.05, 4.69) is 14.7 Å². The fourth-order valence-corrected chi connectivity index (χ4v) is 3.04. The van der Waals surface area contributed by atoms with E-state index >= 15 is 0 Å². The van der Waals surface area contributed by atoms with Gasteiger partial charge in [0, 0.05) is 0 Å². The number of nitrogens with one attached hydrogen (secondary N) is 3. The number of carboxylic acid groups (broad SMARTS) is 1. The van der Waals surface area contributed by atoms with Crippen molar-refractivity contribution in [3.8, 4) is 0 Å². The zero-order valence-electron chi connectivity index (χ0n) is 10.5. The van der Waals surface area contributed by atoms with E-state index in [0.29, 0.717) is 11.0 Å². The predicted octanol–water partition coefficient (Wildman–Crippen LogP) is -0.00230. The molecule has 0 amide bonds. The highest BCUT2D eigenvalue weighted by atomic mass is 32.2. The third-order valence-electron chi connectivity index (χ3n) is 2.80. The molecule has 0 unspecified atom stereocenters. The van der Waals surface area contributed by atoms with Gasteiger partial charge in [0.1, 0.15) is 6.04 Å². The Kier molecular flexibility index (Phi) is 3.64. The van der Waals surface area contributed by atoms with Gasteiger partial charge in [-0.05, 0) is 24.6 Å². The van der Waals surface area contributed by atoms with Crippen LogP contribution in [-0.2, 0) is 14.8 Å². The molecule has 0 saturated heterocycles. The SMILES string of the molecule is CC[C@@H](NS(=O)(=O)c1ccc2[nH]c(=O)[nH]c2c1)C(=O)O. The van der Waals surface area contributed by atoms with Crippen LogP contribution in [0.4, 0.5) is 0 Å². The van der Waals surface area contributed by atoms with E-state index in [1.54, 1.807) is 6.92 Å². The summed E-state index contributed by atoms with van der Waals surface area (Å²) in [5.41, 5.74) is 0.361. The topological polar surface area (TPSA) is 132 Å². The summed E-state index contributed by atoms with van der Waals surface area (Å²) in [5.74, 6) is -1.24. The lowest BCUT2D eigenvalue weighted by atomic mass is 10.2. The Morgan fingerprint density at radius 2 is 2.00 bits per heavy atom. The van der Waals surface area contributed by atoms with Crippen molar-refractivity contribution in [2.75, 3.05) is 0 Å². The summed E-state index contributed by atoms with van der Waals surface area (Å²) in [5, 5.41) is 8.88. The second-order valence-electron chi connectivity index (χ2n) is 4.21. The van der Waals surface area contributed by atoms with E-state index in [-0.39, 0.29) is 11.3 Å². The number of rotatable bonds is 5. The maximum atomic E-state index is 12.1. The molecular weight excluding hydrogens is 286 g/mol. The van der Waals surface area contributed by atoms with Crippen molar-refractivity contribution in [3.05, 3.63) is 28.7 Å². The first-order valence-corrected chi connectivity index (χ1v) is 7.29. The molecule has 0 aliphatic heterocycles. The van der Waals surface area contributed by atoms with E-state index in [4.69, 9.17) is 5.11 Å². The van der Waals surface area contributed by atoms with Crippen LogP contribution in [0.15, 0.2) is 27.9 Å². The van der Waals surface area contributed by atoms with Crippen LogP contribution in [0.5, 0.6) is 0 Å². The number of fused-ring (bicyclic) bond motifs is 1. The van der Waals surface area contributed by atoms with Crippen LogP contribution in [0.1, 0.15) is 13.3 Å². The van der Waals surface area contributed by atoms with Crippen LogP contribution in [0, 0.1) is 0 Å². The standard InChI is InChI=1S/C11H13N3O5S/c1-2-7(10(15)16)14-20(18,19)6-3-4-8-9(5-6)13-11(17)12-8/h3-5,7,14H,2H2,1H3,(H,15,16)(H2,12,13,17)/t7-/m1/s1. The van der Waals surface area contributed by atoms with E-state index < -0.39 is 27.7 Å². The van der Waals surface area contributed by atoms with Crippen LogP contribution in [-0.4, -0.2) is 35.5 Å². The van der Waals surface area contributed by atoms with Crippen LogP contribution in [0.2, 0.25) is 0 Å². The normalized spacial score (nSPS) is 13.4. The summed E-state index contributed by atoms with van der Waals surface area (Å²) >= 11 is 0. The Bertz CT molecular complexity index is 805. The third kappa shape index (κ3) is 2.73. The second kappa shape index (κ2) is 5.10. The second-order valence-corrected chi connectivity index (χ2v) is 5.92. The summed E-state index contributed by atoms with van der Waals surface area (Å²) in [6.07, 6.45) is 0.123. The number of carboxylic acids is 1. The molecule has 2 aromatic rings. The van der Waals surface area contributed by atoms with Gasteiger partial charge in [-0.3, -0.25) is 4.79 Å². The number of hydrogen-bond acceptors (Lipinski definition) is 4. The third-order valence-corrected chi connectivity index (χ3v) is 4.27. The molecule has 9 heteroatoms. The fourth-order valence-electron chi connectivity index (χ4n) is 1.74. The van der Waals surface area contributed by atoms with Gasteiger partial charge in [-0.1, -0.05) is 6.92 Å². The lowest BCUT2D eigenvalue weighted by molar-refractivity contribution is -0.139. The number of carbonyl (C=O) groups is 1. The Balaban J connectivity index is 2.40. The molecule has 1 aromatic carbocycles. The van der Waals surface area contributed by atoms with Crippen molar-refractivity contribution >= 4 is 27.0 Å². The van der Waals surface area contributed by atoms with Gasteiger partial charge in [0.2, 0.25) is 10.0 Å². The molecule has 8 nitrogen and oxygen atoms in total. The molecule has 0 aliphatic rings. The van der Waals surface area contributed by atoms with Crippen molar-refractivity contribution in [1.29, 1.82) is 0 Å². The predicted molar refractivity (Wildman–Crippen MR) is 71.0 cm³/mol. The Morgan fingerprint density at radius 3 is 2.60 bits per heavy atom. The molecule has 0 radical (unpaired) electrons. The monoisotopic (exact) mass is 299 g/mol. The minimum Gasteiger partial charge on any atom is -0.480 e. The van der Waals surface area contributed by atoms with Gasteiger partial charge >= 0.3 is 11.7 Å². The zero-order chi connectivity index (χ0) is 14.9. The van der Waals surface area contributed by atoms with Crippen molar-refractivity contribution < 1.29 is 18.3 Å². The maximum absolute atomic E-state index is 12.1. The molecule has 1 atom stereocenters. The first-order valence-electron chi connectivity index (χ1n) is 5.80. The van der Waals surface area contributed by atoms with Gasteiger partial charge in [-0.15, -0.1) is 0 Å². The van der Waals surface area contributed by atoms with E-state index in [1.807, 2.05) is 0 Å². The summed E-state index contributed by atoms with van der Waals surface area (Å²) in [4.78, 5) is 26.8. The van der Waals surface area contributed by atoms with E-state index in [0.717, 1.165) is 0 Å². The van der Waals surface area contributed by atoms with E-state index in [9.17, 15) is 18.0 Å². The first kappa shape index (κ1) is 14.3. The Labute approximate surface area is 113 Å². The van der Waals surface area contributed by atoms with Crippen LogP contribution in [0.25, 0.3) is 11.0 Å². The molecule has 20 heavy (non-hydrogen) atoms. The average Bonchev–Trinajstić information content (AvgIpc) is 2.74. The molecule has 0 saturated carbocycles. The molecule has 0 fully saturated rings. The number of aliphatic carboxylic acids is 1. The molecule has 0 spiro atoms.